The zero-order chi connectivity index (χ0) is 31.7. The highest BCUT2D eigenvalue weighted by Gasteiger charge is 2.37. The third-order valence-corrected chi connectivity index (χ3v) is 6.85. The van der Waals surface area contributed by atoms with E-state index in [4.69, 9.17) is 22.1 Å². The fraction of sp³-hybridized carbons (Fsp3) is 0.259. The number of halogens is 4. The average molecular weight is 637 g/mol. The van der Waals surface area contributed by atoms with Crippen LogP contribution in [0.1, 0.15) is 37.5 Å². The predicted octanol–water partition coefficient (Wildman–Crippen LogP) is 5.16. The van der Waals surface area contributed by atoms with E-state index in [1.807, 2.05) is 0 Å². The number of hydrogen-bond acceptors (Lipinski definition) is 7. The summed E-state index contributed by atoms with van der Waals surface area (Å²) in [6, 6.07) is 8.43. The van der Waals surface area contributed by atoms with E-state index in [0.29, 0.717) is 33.1 Å². The molecule has 0 saturated carbocycles. The summed E-state index contributed by atoms with van der Waals surface area (Å²) in [5, 5.41) is 6.17. The molecule has 226 valence electrons. The SMILES string of the molecule is CC(C)(C)OC(=O)N=C(N)NC(=O)CN1C(=O)SC(=Cc2ccc3c(cnn3Cc3ccc(Cl)cc3C(F)(F)F)c2)C1=O. The molecule has 3 aromatic rings. The molecule has 0 atom stereocenters. The Bertz CT molecular complexity index is 1700. The maximum atomic E-state index is 13.5. The van der Waals surface area contributed by atoms with Gasteiger partial charge < -0.3 is 10.5 Å². The van der Waals surface area contributed by atoms with Crippen LogP contribution < -0.4 is 11.1 Å². The Hall–Kier alpha value is -4.37. The molecule has 3 N–H and O–H groups in total. The van der Waals surface area contributed by atoms with Gasteiger partial charge in [-0.15, -0.1) is 4.99 Å². The molecule has 0 aliphatic carbocycles. The number of fused-ring (bicyclic) bond motifs is 1. The summed E-state index contributed by atoms with van der Waals surface area (Å²) in [6.45, 7) is 4.01. The maximum Gasteiger partial charge on any atom is 0.437 e. The minimum absolute atomic E-state index is 0.0124. The standard InChI is InChI=1S/C27H24ClF3N6O5S/c1-26(2,3)42-24(40)35-23(32)34-21(38)13-36-22(39)20(43-25(36)41)9-14-4-7-19-16(8-14)11-33-37(19)12-15-5-6-17(28)10-18(15)27(29,30)31/h4-11H,12-13H2,1-3H3,(H3,32,34,35,38,40). The van der Waals surface area contributed by atoms with Crippen LogP contribution in [0.4, 0.5) is 22.8 Å². The van der Waals surface area contributed by atoms with Crippen molar-refractivity contribution in [3.63, 3.8) is 0 Å². The van der Waals surface area contributed by atoms with Crippen molar-refractivity contribution in [2.45, 2.75) is 39.1 Å². The first kappa shape index (κ1) is 31.6. The summed E-state index contributed by atoms with van der Waals surface area (Å²) in [7, 11) is 0. The predicted molar refractivity (Wildman–Crippen MR) is 154 cm³/mol. The molecule has 43 heavy (non-hydrogen) atoms. The van der Waals surface area contributed by atoms with E-state index < -0.39 is 53.0 Å². The Morgan fingerprint density at radius 3 is 2.56 bits per heavy atom. The van der Waals surface area contributed by atoms with Gasteiger partial charge in [-0.1, -0.05) is 23.7 Å². The number of alkyl halides is 3. The zero-order valence-corrected chi connectivity index (χ0v) is 24.4. The number of hydrogen-bond donors (Lipinski definition) is 2. The highest BCUT2D eigenvalue weighted by molar-refractivity contribution is 8.18. The van der Waals surface area contributed by atoms with Crippen LogP contribution in [0.3, 0.4) is 0 Å². The van der Waals surface area contributed by atoms with Gasteiger partial charge >= 0.3 is 12.3 Å². The number of imide groups is 1. The molecule has 0 radical (unpaired) electrons. The third kappa shape index (κ3) is 7.93. The van der Waals surface area contributed by atoms with Gasteiger partial charge in [0.1, 0.15) is 12.1 Å². The fourth-order valence-electron chi connectivity index (χ4n) is 3.96. The van der Waals surface area contributed by atoms with Gasteiger partial charge in [0.15, 0.2) is 0 Å². The summed E-state index contributed by atoms with van der Waals surface area (Å²) < 4.78 is 46.9. The Balaban J connectivity index is 1.46. The van der Waals surface area contributed by atoms with Crippen LogP contribution in [0.5, 0.6) is 0 Å². The molecule has 1 saturated heterocycles. The summed E-state index contributed by atoms with van der Waals surface area (Å²) in [6.07, 6.45) is -2.72. The molecule has 4 amide bonds. The maximum absolute atomic E-state index is 13.5. The number of aromatic nitrogens is 2. The normalized spacial score (nSPS) is 15.5. The van der Waals surface area contributed by atoms with Crippen molar-refractivity contribution in [1.82, 2.24) is 20.0 Å². The van der Waals surface area contributed by atoms with Crippen LogP contribution in [0, 0.1) is 0 Å². The van der Waals surface area contributed by atoms with E-state index in [-0.39, 0.29) is 22.0 Å². The molecule has 11 nitrogen and oxygen atoms in total. The third-order valence-electron chi connectivity index (χ3n) is 5.71. The monoisotopic (exact) mass is 636 g/mol. The van der Waals surface area contributed by atoms with Gasteiger partial charge in [-0.25, -0.2) is 4.79 Å². The Morgan fingerprint density at radius 1 is 1.16 bits per heavy atom. The topological polar surface area (TPSA) is 149 Å². The van der Waals surface area contributed by atoms with E-state index in [9.17, 15) is 32.3 Å². The molecule has 0 bridgehead atoms. The minimum Gasteiger partial charge on any atom is -0.442 e. The zero-order valence-electron chi connectivity index (χ0n) is 22.9. The second kappa shape index (κ2) is 12.1. The summed E-state index contributed by atoms with van der Waals surface area (Å²) in [5.74, 6) is -2.16. The van der Waals surface area contributed by atoms with Gasteiger partial charge in [0, 0.05) is 10.4 Å². The van der Waals surface area contributed by atoms with Crippen molar-refractivity contribution in [2.24, 2.45) is 10.7 Å². The van der Waals surface area contributed by atoms with Gasteiger partial charge in [-0.2, -0.15) is 18.3 Å². The van der Waals surface area contributed by atoms with Crippen LogP contribution in [0.25, 0.3) is 17.0 Å². The van der Waals surface area contributed by atoms with Gasteiger partial charge in [0.2, 0.25) is 11.9 Å². The number of benzene rings is 2. The van der Waals surface area contributed by atoms with Crippen molar-refractivity contribution in [3.8, 4) is 0 Å². The number of aliphatic imine (C=N–C) groups is 1. The number of guanidine groups is 1. The molecule has 0 unspecified atom stereocenters. The Kier molecular flexibility index (Phi) is 8.87. The Labute approximate surface area is 251 Å². The van der Waals surface area contributed by atoms with E-state index in [1.54, 1.807) is 39.0 Å². The fourth-order valence-corrected chi connectivity index (χ4v) is 4.97. The van der Waals surface area contributed by atoms with Crippen molar-refractivity contribution < 1.29 is 37.1 Å². The lowest BCUT2D eigenvalue weighted by Crippen LogP contribution is -2.44. The molecular formula is C27H24ClF3N6O5S. The van der Waals surface area contributed by atoms with Gasteiger partial charge in [0.25, 0.3) is 11.1 Å². The molecule has 1 aliphatic heterocycles. The number of thioether (sulfide) groups is 1. The van der Waals surface area contributed by atoms with Crippen LogP contribution >= 0.6 is 23.4 Å². The van der Waals surface area contributed by atoms with E-state index in [0.717, 1.165) is 6.07 Å². The van der Waals surface area contributed by atoms with Crippen molar-refractivity contribution in [1.29, 1.82) is 0 Å². The second-order valence-corrected chi connectivity index (χ2v) is 11.6. The van der Waals surface area contributed by atoms with Crippen molar-refractivity contribution in [2.75, 3.05) is 6.54 Å². The van der Waals surface area contributed by atoms with Crippen molar-refractivity contribution in [3.05, 3.63) is 69.2 Å². The molecule has 2 aromatic carbocycles. The highest BCUT2D eigenvalue weighted by atomic mass is 35.5. The number of carbonyl (C=O) groups is 4. The number of nitrogens with zero attached hydrogens (tertiary/aromatic N) is 4. The quantitative estimate of drug-likeness (QED) is 0.222. The van der Waals surface area contributed by atoms with Crippen LogP contribution in [-0.4, -0.2) is 55.9 Å². The largest absolute Gasteiger partial charge is 0.442 e. The number of rotatable bonds is 5. The van der Waals surface area contributed by atoms with E-state index in [2.05, 4.69) is 15.4 Å². The molecule has 0 spiro atoms. The first-order chi connectivity index (χ1) is 20.0. The first-order valence-electron chi connectivity index (χ1n) is 12.4. The summed E-state index contributed by atoms with van der Waals surface area (Å²) in [4.78, 5) is 53.5. The molecule has 4 rings (SSSR count). The number of ether oxygens (including phenoxy) is 1. The molecular weight excluding hydrogens is 613 g/mol. The molecule has 1 aliphatic rings. The van der Waals surface area contributed by atoms with Crippen molar-refractivity contribution >= 4 is 69.4 Å². The smallest absolute Gasteiger partial charge is 0.437 e. The van der Waals surface area contributed by atoms with Crippen LogP contribution in [0.2, 0.25) is 5.02 Å². The minimum atomic E-state index is -4.60. The van der Waals surface area contributed by atoms with E-state index >= 15 is 0 Å². The average Bonchev–Trinajstić information content (AvgIpc) is 3.38. The van der Waals surface area contributed by atoms with E-state index in [1.165, 1.54) is 29.1 Å². The highest BCUT2D eigenvalue weighted by Crippen LogP contribution is 2.35. The van der Waals surface area contributed by atoms with Gasteiger partial charge in [-0.3, -0.25) is 29.3 Å². The Morgan fingerprint density at radius 2 is 1.88 bits per heavy atom. The molecule has 16 heteroatoms. The lowest BCUT2D eigenvalue weighted by atomic mass is 10.1. The number of amides is 4. The second-order valence-electron chi connectivity index (χ2n) is 10.2. The van der Waals surface area contributed by atoms with Crippen LogP contribution in [-0.2, 0) is 27.0 Å². The first-order valence-corrected chi connectivity index (χ1v) is 13.6. The molecule has 1 fully saturated rings. The lowest BCUT2D eigenvalue weighted by Gasteiger charge is -2.17. The number of nitrogens with two attached hydrogens (primary N) is 1. The number of carbonyl (C=O) groups excluding carboxylic acids is 4. The lowest BCUT2D eigenvalue weighted by molar-refractivity contribution is -0.138. The molecule has 2 heterocycles. The summed E-state index contributed by atoms with van der Waals surface area (Å²) >= 11 is 6.39. The van der Waals surface area contributed by atoms with Crippen LogP contribution in [0.15, 0.2) is 52.5 Å². The molecule has 1 aromatic heterocycles. The number of nitrogens with one attached hydrogen (secondary N) is 1. The van der Waals surface area contributed by atoms with Gasteiger partial charge in [0.05, 0.1) is 28.7 Å². The van der Waals surface area contributed by atoms with Gasteiger partial charge in [-0.05, 0) is 74.0 Å². The summed E-state index contributed by atoms with van der Waals surface area (Å²) in [5.41, 5.74) is 4.89.